The van der Waals surface area contributed by atoms with Gasteiger partial charge < -0.3 is 16.6 Å². The fraction of sp³-hybridized carbons (Fsp3) is 0.143. The van der Waals surface area contributed by atoms with Gasteiger partial charge in [0.05, 0.1) is 11.4 Å². The molecule has 0 aliphatic carbocycles. The van der Waals surface area contributed by atoms with E-state index in [1.165, 1.54) is 6.07 Å². The summed E-state index contributed by atoms with van der Waals surface area (Å²) < 4.78 is 0. The van der Waals surface area contributed by atoms with E-state index in [1.54, 1.807) is 6.92 Å². The number of nitrogens with zero attached hydrogens (tertiary/aromatic N) is 1. The molecule has 5 heteroatoms. The molecule has 0 amide bonds. The highest BCUT2D eigenvalue weighted by molar-refractivity contribution is 5.93. The van der Waals surface area contributed by atoms with Crippen LogP contribution in [0.3, 0.4) is 0 Å². The maximum Gasteiger partial charge on any atom is 0.339 e. The van der Waals surface area contributed by atoms with Crippen LogP contribution < -0.4 is 11.5 Å². The van der Waals surface area contributed by atoms with Gasteiger partial charge in [-0.2, -0.15) is 0 Å². The predicted molar refractivity (Wildman–Crippen MR) is 44.8 cm³/mol. The molecule has 1 aromatic heterocycles. The number of aryl methyl sites for hydroxylation is 1. The van der Waals surface area contributed by atoms with Crippen molar-refractivity contribution in [3.63, 3.8) is 0 Å². The zero-order valence-corrected chi connectivity index (χ0v) is 6.53. The first-order valence-electron chi connectivity index (χ1n) is 3.28. The summed E-state index contributed by atoms with van der Waals surface area (Å²) in [4.78, 5) is 14.3. The lowest BCUT2D eigenvalue weighted by Gasteiger charge is -2.03. The van der Waals surface area contributed by atoms with Crippen LogP contribution in [0.2, 0.25) is 0 Å². The average Bonchev–Trinajstić information content (AvgIpc) is 1.96. The third-order valence-corrected chi connectivity index (χ3v) is 1.51. The molecular formula is C7H9N3O2. The van der Waals surface area contributed by atoms with E-state index in [2.05, 4.69) is 4.98 Å². The van der Waals surface area contributed by atoms with Gasteiger partial charge in [-0.15, -0.1) is 0 Å². The molecule has 0 fully saturated rings. The topological polar surface area (TPSA) is 102 Å². The molecule has 5 nitrogen and oxygen atoms in total. The highest BCUT2D eigenvalue weighted by Crippen LogP contribution is 2.15. The Morgan fingerprint density at radius 3 is 2.67 bits per heavy atom. The normalized spacial score (nSPS) is 9.75. The summed E-state index contributed by atoms with van der Waals surface area (Å²) in [6.45, 7) is 1.66. The van der Waals surface area contributed by atoms with Crippen LogP contribution in [0.15, 0.2) is 6.07 Å². The van der Waals surface area contributed by atoms with Crippen molar-refractivity contribution in [1.82, 2.24) is 4.98 Å². The highest BCUT2D eigenvalue weighted by atomic mass is 16.4. The van der Waals surface area contributed by atoms with E-state index >= 15 is 0 Å². The second kappa shape index (κ2) is 2.69. The number of aromatic nitrogens is 1. The van der Waals surface area contributed by atoms with Crippen molar-refractivity contribution in [2.45, 2.75) is 6.92 Å². The first-order valence-corrected chi connectivity index (χ1v) is 3.28. The summed E-state index contributed by atoms with van der Waals surface area (Å²) in [6, 6.07) is 1.31. The molecule has 0 radical (unpaired) electrons. The van der Waals surface area contributed by atoms with Crippen LogP contribution >= 0.6 is 0 Å². The van der Waals surface area contributed by atoms with Crippen LogP contribution in [0.1, 0.15) is 16.1 Å². The number of hydrogen-bond donors (Lipinski definition) is 3. The van der Waals surface area contributed by atoms with Gasteiger partial charge in [0, 0.05) is 0 Å². The van der Waals surface area contributed by atoms with Crippen molar-refractivity contribution in [2.75, 3.05) is 11.5 Å². The molecule has 0 aromatic carbocycles. The summed E-state index contributed by atoms with van der Waals surface area (Å²) in [5.74, 6) is -1.12. The van der Waals surface area contributed by atoms with Crippen LogP contribution in [0.4, 0.5) is 11.5 Å². The number of carbonyl (C=O) groups is 1. The monoisotopic (exact) mass is 167 g/mol. The number of carboxylic acids is 1. The molecule has 1 rings (SSSR count). The molecular weight excluding hydrogens is 158 g/mol. The van der Waals surface area contributed by atoms with Gasteiger partial charge in [-0.1, -0.05) is 0 Å². The molecule has 1 heterocycles. The zero-order chi connectivity index (χ0) is 9.30. The van der Waals surface area contributed by atoms with Crippen molar-refractivity contribution in [1.29, 1.82) is 0 Å². The number of rotatable bonds is 1. The SMILES string of the molecule is Cc1nc(N)c(C(=O)O)cc1N. The highest BCUT2D eigenvalue weighted by Gasteiger charge is 2.10. The molecule has 0 saturated heterocycles. The van der Waals surface area contributed by atoms with E-state index in [1.807, 2.05) is 0 Å². The van der Waals surface area contributed by atoms with Gasteiger partial charge in [0.2, 0.25) is 0 Å². The Hall–Kier alpha value is -1.78. The largest absolute Gasteiger partial charge is 0.478 e. The Morgan fingerprint density at radius 2 is 2.17 bits per heavy atom. The number of aromatic carboxylic acids is 1. The minimum Gasteiger partial charge on any atom is -0.478 e. The third kappa shape index (κ3) is 1.29. The van der Waals surface area contributed by atoms with Gasteiger partial charge in [0.1, 0.15) is 11.4 Å². The molecule has 0 saturated carbocycles. The first-order chi connectivity index (χ1) is 5.52. The summed E-state index contributed by atoms with van der Waals surface area (Å²) in [7, 11) is 0. The Bertz CT molecular complexity index is 336. The van der Waals surface area contributed by atoms with Crippen molar-refractivity contribution < 1.29 is 9.90 Å². The lowest BCUT2D eigenvalue weighted by atomic mass is 10.2. The van der Waals surface area contributed by atoms with Crippen LogP contribution in [0.25, 0.3) is 0 Å². The standard InChI is InChI=1S/C7H9N3O2/c1-3-5(8)2-4(7(11)12)6(9)10-3/h2H,8H2,1H3,(H2,9,10)(H,11,12). The van der Waals surface area contributed by atoms with Crippen molar-refractivity contribution in [3.05, 3.63) is 17.3 Å². The van der Waals surface area contributed by atoms with E-state index < -0.39 is 5.97 Å². The van der Waals surface area contributed by atoms with Gasteiger partial charge in [-0.25, -0.2) is 9.78 Å². The quantitative estimate of drug-likeness (QED) is 0.556. The number of nitrogen functional groups attached to an aromatic ring is 2. The molecule has 0 bridgehead atoms. The van der Waals surface area contributed by atoms with Crippen LogP contribution in [-0.2, 0) is 0 Å². The van der Waals surface area contributed by atoms with E-state index in [9.17, 15) is 4.79 Å². The molecule has 0 aliphatic rings. The average molecular weight is 167 g/mol. The molecule has 0 unspecified atom stereocenters. The van der Waals surface area contributed by atoms with E-state index in [0.717, 1.165) is 0 Å². The van der Waals surface area contributed by atoms with Crippen molar-refractivity contribution in [2.24, 2.45) is 0 Å². The Labute approximate surface area is 69.0 Å². The Balaban J connectivity index is 3.33. The van der Waals surface area contributed by atoms with Crippen molar-refractivity contribution >= 4 is 17.5 Å². The predicted octanol–water partition coefficient (Wildman–Crippen LogP) is 0.253. The fourth-order valence-corrected chi connectivity index (χ4v) is 0.811. The number of carboxylic acid groups (broad SMARTS) is 1. The first kappa shape index (κ1) is 8.32. The number of hydrogen-bond acceptors (Lipinski definition) is 4. The summed E-state index contributed by atoms with van der Waals surface area (Å²) in [5.41, 5.74) is 11.6. The van der Waals surface area contributed by atoms with Crippen LogP contribution in [0.5, 0.6) is 0 Å². The van der Waals surface area contributed by atoms with Gasteiger partial charge in [0.15, 0.2) is 0 Å². The number of pyridine rings is 1. The third-order valence-electron chi connectivity index (χ3n) is 1.51. The van der Waals surface area contributed by atoms with Gasteiger partial charge in [-0.05, 0) is 13.0 Å². The maximum absolute atomic E-state index is 10.5. The fourth-order valence-electron chi connectivity index (χ4n) is 0.811. The van der Waals surface area contributed by atoms with Gasteiger partial charge in [-0.3, -0.25) is 0 Å². The Kier molecular flexibility index (Phi) is 1.86. The lowest BCUT2D eigenvalue weighted by molar-refractivity contribution is 0.0698. The molecule has 0 atom stereocenters. The smallest absolute Gasteiger partial charge is 0.339 e. The van der Waals surface area contributed by atoms with E-state index in [-0.39, 0.29) is 11.4 Å². The van der Waals surface area contributed by atoms with Crippen molar-refractivity contribution in [3.8, 4) is 0 Å². The molecule has 1 aromatic rings. The minimum atomic E-state index is -1.12. The molecule has 0 aliphatic heterocycles. The number of nitrogens with two attached hydrogens (primary N) is 2. The van der Waals surface area contributed by atoms with Gasteiger partial charge in [0.25, 0.3) is 0 Å². The maximum atomic E-state index is 10.5. The van der Waals surface area contributed by atoms with Crippen LogP contribution in [-0.4, -0.2) is 16.1 Å². The molecule has 5 N–H and O–H groups in total. The molecule has 0 spiro atoms. The second-order valence-electron chi connectivity index (χ2n) is 2.40. The zero-order valence-electron chi connectivity index (χ0n) is 6.53. The minimum absolute atomic E-state index is 0.00537. The lowest BCUT2D eigenvalue weighted by Crippen LogP contribution is -2.07. The summed E-state index contributed by atoms with van der Waals surface area (Å²) >= 11 is 0. The van der Waals surface area contributed by atoms with E-state index in [4.69, 9.17) is 16.6 Å². The number of anilines is 2. The van der Waals surface area contributed by atoms with E-state index in [0.29, 0.717) is 11.4 Å². The Morgan fingerprint density at radius 1 is 1.58 bits per heavy atom. The van der Waals surface area contributed by atoms with Gasteiger partial charge >= 0.3 is 5.97 Å². The summed E-state index contributed by atoms with van der Waals surface area (Å²) in [5, 5.41) is 8.61. The second-order valence-corrected chi connectivity index (χ2v) is 2.40. The molecule has 64 valence electrons. The molecule has 12 heavy (non-hydrogen) atoms. The van der Waals surface area contributed by atoms with Crippen LogP contribution in [0, 0.1) is 6.92 Å². The summed E-state index contributed by atoms with van der Waals surface area (Å²) in [6.07, 6.45) is 0.